The summed E-state index contributed by atoms with van der Waals surface area (Å²) in [6.07, 6.45) is 1.45. The van der Waals surface area contributed by atoms with Crippen LogP contribution < -0.4 is 10.1 Å². The molecule has 4 nitrogen and oxygen atoms in total. The highest BCUT2D eigenvalue weighted by atomic mass is 16.5. The van der Waals surface area contributed by atoms with Crippen LogP contribution in [0.25, 0.3) is 0 Å². The molecule has 0 aromatic carbocycles. The van der Waals surface area contributed by atoms with Crippen LogP contribution >= 0.6 is 0 Å². The highest BCUT2D eigenvalue weighted by Gasteiger charge is 2.09. The molecule has 1 aromatic heterocycles. The lowest BCUT2D eigenvalue weighted by Gasteiger charge is -2.03. The van der Waals surface area contributed by atoms with Crippen molar-refractivity contribution in [2.75, 3.05) is 14.2 Å². The summed E-state index contributed by atoms with van der Waals surface area (Å²) >= 11 is 0. The van der Waals surface area contributed by atoms with Gasteiger partial charge in [-0.1, -0.05) is 0 Å². The number of hydrogen-bond donors (Lipinski definition) is 1. The smallest absolute Gasteiger partial charge is 0.256 e. The van der Waals surface area contributed by atoms with Gasteiger partial charge in [-0.3, -0.25) is 4.79 Å². The van der Waals surface area contributed by atoms with E-state index in [9.17, 15) is 4.79 Å². The molecule has 0 aliphatic carbocycles. The molecule has 4 heteroatoms. The third kappa shape index (κ3) is 1.53. The van der Waals surface area contributed by atoms with Crippen LogP contribution in [-0.2, 0) is 0 Å². The number of carbonyl (C=O) groups is 1. The zero-order valence-corrected chi connectivity index (χ0v) is 6.92. The summed E-state index contributed by atoms with van der Waals surface area (Å²) < 4.78 is 4.88. The van der Waals surface area contributed by atoms with Crippen LogP contribution in [0, 0.1) is 6.07 Å². The van der Waals surface area contributed by atoms with Crippen molar-refractivity contribution in [3.8, 4) is 5.88 Å². The molecule has 1 rings (SSSR count). The average Bonchev–Trinajstić information content (AvgIpc) is 2.16. The van der Waals surface area contributed by atoms with Gasteiger partial charge < -0.3 is 10.1 Å². The number of ether oxygens (including phenoxy) is 1. The predicted octanol–water partition coefficient (Wildman–Crippen LogP) is 0.250. The van der Waals surface area contributed by atoms with Crippen LogP contribution in [0.4, 0.5) is 0 Å². The van der Waals surface area contributed by atoms with E-state index in [1.807, 2.05) is 0 Å². The SMILES string of the molecule is CNC(=O)c1c[c]cnc1OC. The molecule has 0 aliphatic heterocycles. The third-order valence-corrected chi connectivity index (χ3v) is 1.38. The Kier molecular flexibility index (Phi) is 2.63. The minimum Gasteiger partial charge on any atom is -0.480 e. The van der Waals surface area contributed by atoms with Gasteiger partial charge in [-0.05, 0) is 6.07 Å². The van der Waals surface area contributed by atoms with E-state index in [0.29, 0.717) is 11.4 Å². The second-order valence-electron chi connectivity index (χ2n) is 2.07. The van der Waals surface area contributed by atoms with E-state index in [0.717, 1.165) is 0 Å². The molecule has 0 fully saturated rings. The summed E-state index contributed by atoms with van der Waals surface area (Å²) in [4.78, 5) is 15.0. The number of nitrogens with one attached hydrogen (secondary N) is 1. The first-order valence-corrected chi connectivity index (χ1v) is 3.41. The molecule has 0 atom stereocenters. The van der Waals surface area contributed by atoms with E-state index in [-0.39, 0.29) is 5.91 Å². The minimum atomic E-state index is -0.226. The van der Waals surface area contributed by atoms with Crippen LogP contribution in [0.5, 0.6) is 5.88 Å². The van der Waals surface area contributed by atoms with Crippen molar-refractivity contribution in [2.24, 2.45) is 0 Å². The fourth-order valence-electron chi connectivity index (χ4n) is 0.808. The molecule has 12 heavy (non-hydrogen) atoms. The molecule has 1 amide bonds. The first-order chi connectivity index (χ1) is 5.79. The number of hydrogen-bond acceptors (Lipinski definition) is 3. The number of amides is 1. The first-order valence-electron chi connectivity index (χ1n) is 3.41. The maximum atomic E-state index is 11.1. The predicted molar refractivity (Wildman–Crippen MR) is 43.0 cm³/mol. The summed E-state index contributed by atoms with van der Waals surface area (Å²) in [6.45, 7) is 0. The van der Waals surface area contributed by atoms with Gasteiger partial charge in [0.15, 0.2) is 0 Å². The molecule has 63 valence electrons. The lowest BCUT2D eigenvalue weighted by atomic mass is 10.2. The molecule has 0 aliphatic rings. The van der Waals surface area contributed by atoms with Crippen LogP contribution in [-0.4, -0.2) is 25.0 Å². The number of pyridine rings is 1. The Hall–Kier alpha value is -1.58. The molecule has 0 saturated carbocycles. The lowest BCUT2D eigenvalue weighted by molar-refractivity contribution is 0.0959. The Labute approximate surface area is 70.6 Å². The summed E-state index contributed by atoms with van der Waals surface area (Å²) in [5.41, 5.74) is 0.391. The second-order valence-corrected chi connectivity index (χ2v) is 2.07. The average molecular weight is 165 g/mol. The second kappa shape index (κ2) is 3.71. The lowest BCUT2D eigenvalue weighted by Crippen LogP contribution is -2.18. The van der Waals surface area contributed by atoms with E-state index in [4.69, 9.17) is 4.74 Å². The molecular weight excluding hydrogens is 156 g/mol. The van der Waals surface area contributed by atoms with Crippen molar-refractivity contribution in [1.29, 1.82) is 0 Å². The standard InChI is InChI=1S/C8H9N2O2/c1-9-7(11)6-4-3-5-10-8(6)12-2/h4-5H,1-2H3,(H,9,11). The summed E-state index contributed by atoms with van der Waals surface area (Å²) in [7, 11) is 3.02. The van der Waals surface area contributed by atoms with Gasteiger partial charge in [-0.15, -0.1) is 0 Å². The number of rotatable bonds is 2. The van der Waals surface area contributed by atoms with Gasteiger partial charge in [0, 0.05) is 19.3 Å². The number of aromatic nitrogens is 1. The van der Waals surface area contributed by atoms with E-state index in [1.165, 1.54) is 19.4 Å². The number of carbonyl (C=O) groups excluding carboxylic acids is 1. The van der Waals surface area contributed by atoms with E-state index in [2.05, 4.69) is 16.4 Å². The fraction of sp³-hybridized carbons (Fsp3) is 0.250. The van der Waals surface area contributed by atoms with Gasteiger partial charge in [-0.25, -0.2) is 4.98 Å². The molecular formula is C8H9N2O2. The molecule has 1 aromatic rings. The van der Waals surface area contributed by atoms with Crippen molar-refractivity contribution in [3.05, 3.63) is 23.9 Å². The van der Waals surface area contributed by atoms with Crippen LogP contribution in [0.3, 0.4) is 0 Å². The Morgan fingerprint density at radius 1 is 1.75 bits per heavy atom. The normalized spacial score (nSPS) is 9.17. The van der Waals surface area contributed by atoms with Crippen LogP contribution in [0.1, 0.15) is 10.4 Å². The van der Waals surface area contributed by atoms with Crippen LogP contribution in [0.15, 0.2) is 12.3 Å². The third-order valence-electron chi connectivity index (χ3n) is 1.38. The Bertz CT molecular complexity index is 286. The van der Waals surface area contributed by atoms with Gasteiger partial charge in [-0.2, -0.15) is 0 Å². The fourth-order valence-corrected chi connectivity index (χ4v) is 0.808. The van der Waals surface area contributed by atoms with Gasteiger partial charge in [0.1, 0.15) is 5.56 Å². The molecule has 1 N–H and O–H groups in total. The van der Waals surface area contributed by atoms with Crippen LogP contribution in [0.2, 0.25) is 0 Å². The largest absolute Gasteiger partial charge is 0.480 e. The molecule has 0 spiro atoms. The monoisotopic (exact) mass is 165 g/mol. The molecule has 0 bridgehead atoms. The molecule has 1 radical (unpaired) electrons. The Morgan fingerprint density at radius 3 is 3.08 bits per heavy atom. The van der Waals surface area contributed by atoms with E-state index >= 15 is 0 Å². The van der Waals surface area contributed by atoms with Gasteiger partial charge in [0.05, 0.1) is 7.11 Å². The first kappa shape index (κ1) is 8.52. The molecule has 0 saturated heterocycles. The van der Waals surface area contributed by atoms with E-state index < -0.39 is 0 Å². The van der Waals surface area contributed by atoms with Crippen molar-refractivity contribution in [2.45, 2.75) is 0 Å². The Morgan fingerprint density at radius 2 is 2.50 bits per heavy atom. The van der Waals surface area contributed by atoms with Crippen molar-refractivity contribution < 1.29 is 9.53 Å². The number of nitrogens with zero attached hydrogens (tertiary/aromatic N) is 1. The molecule has 1 heterocycles. The minimum absolute atomic E-state index is 0.226. The van der Waals surface area contributed by atoms with Crippen molar-refractivity contribution in [3.63, 3.8) is 0 Å². The van der Waals surface area contributed by atoms with E-state index in [1.54, 1.807) is 7.05 Å². The zero-order valence-electron chi connectivity index (χ0n) is 6.92. The van der Waals surface area contributed by atoms with Crippen molar-refractivity contribution in [1.82, 2.24) is 10.3 Å². The topological polar surface area (TPSA) is 51.2 Å². The highest BCUT2D eigenvalue weighted by Crippen LogP contribution is 2.12. The highest BCUT2D eigenvalue weighted by molar-refractivity contribution is 5.96. The Balaban J connectivity index is 3.04. The summed E-state index contributed by atoms with van der Waals surface area (Å²) in [5.74, 6) is 0.0873. The number of methoxy groups -OCH3 is 1. The van der Waals surface area contributed by atoms with Crippen molar-refractivity contribution >= 4 is 5.91 Å². The summed E-state index contributed by atoms with van der Waals surface area (Å²) in [6, 6.07) is 4.23. The van der Waals surface area contributed by atoms with Gasteiger partial charge in [0.2, 0.25) is 5.88 Å². The molecule has 0 unspecified atom stereocenters. The quantitative estimate of drug-likeness (QED) is 0.683. The maximum Gasteiger partial charge on any atom is 0.256 e. The van der Waals surface area contributed by atoms with Gasteiger partial charge >= 0.3 is 0 Å². The summed E-state index contributed by atoms with van der Waals surface area (Å²) in [5, 5.41) is 2.48. The maximum absolute atomic E-state index is 11.1. The zero-order chi connectivity index (χ0) is 8.97. The van der Waals surface area contributed by atoms with Gasteiger partial charge in [0.25, 0.3) is 5.91 Å².